The highest BCUT2D eigenvalue weighted by atomic mass is 16.5. The minimum Gasteiger partial charge on any atom is -0.381 e. The molecule has 0 aromatic rings. The number of piperazine rings is 1. The van der Waals surface area contributed by atoms with Gasteiger partial charge in [-0.1, -0.05) is 0 Å². The smallest absolute Gasteiger partial charge is 0.0601 e. The number of hydrogen-bond donors (Lipinski definition) is 0. The molecule has 1 aliphatic heterocycles. The van der Waals surface area contributed by atoms with Crippen molar-refractivity contribution in [3.05, 3.63) is 0 Å². The predicted molar refractivity (Wildman–Crippen MR) is 52.9 cm³/mol. The van der Waals surface area contributed by atoms with Crippen molar-refractivity contribution in [3.8, 4) is 0 Å². The summed E-state index contributed by atoms with van der Waals surface area (Å²) in [6.45, 7) is 4.96. The average molecular weight is 184 g/mol. The van der Waals surface area contributed by atoms with E-state index >= 15 is 0 Å². The Morgan fingerprint density at radius 1 is 1.08 bits per heavy atom. The van der Waals surface area contributed by atoms with Crippen molar-refractivity contribution in [2.24, 2.45) is 0 Å². The quantitative estimate of drug-likeness (QED) is 0.618. The molecule has 0 spiro atoms. The third-order valence-corrected chi connectivity index (χ3v) is 3.46. The third kappa shape index (κ3) is 2.03. The van der Waals surface area contributed by atoms with Crippen LogP contribution in [0.4, 0.5) is 0 Å². The van der Waals surface area contributed by atoms with Crippen molar-refractivity contribution >= 4 is 0 Å². The first-order valence-electron chi connectivity index (χ1n) is 5.25. The van der Waals surface area contributed by atoms with Crippen molar-refractivity contribution in [1.82, 2.24) is 9.80 Å². The lowest BCUT2D eigenvalue weighted by Gasteiger charge is -2.45. The van der Waals surface area contributed by atoms with E-state index in [4.69, 9.17) is 4.74 Å². The van der Waals surface area contributed by atoms with Gasteiger partial charge < -0.3 is 9.64 Å². The first-order valence-corrected chi connectivity index (χ1v) is 5.25. The highest BCUT2D eigenvalue weighted by Crippen LogP contribution is 2.28. The number of nitrogens with zero attached hydrogens (tertiary/aromatic N) is 2. The van der Waals surface area contributed by atoms with Gasteiger partial charge >= 0.3 is 0 Å². The molecule has 0 radical (unpaired) electrons. The van der Waals surface area contributed by atoms with E-state index in [2.05, 4.69) is 16.8 Å². The summed E-state index contributed by atoms with van der Waals surface area (Å²) in [5, 5.41) is 0. The zero-order chi connectivity index (χ0) is 9.26. The highest BCUT2D eigenvalue weighted by molar-refractivity contribution is 4.89. The number of rotatable bonds is 2. The molecule has 0 amide bonds. The molecule has 0 unspecified atom stereocenters. The topological polar surface area (TPSA) is 15.7 Å². The van der Waals surface area contributed by atoms with Crippen LogP contribution in [0.5, 0.6) is 0 Å². The van der Waals surface area contributed by atoms with Crippen LogP contribution in [0.15, 0.2) is 0 Å². The van der Waals surface area contributed by atoms with E-state index in [-0.39, 0.29) is 0 Å². The van der Waals surface area contributed by atoms with Crippen molar-refractivity contribution in [2.75, 3.05) is 40.3 Å². The zero-order valence-corrected chi connectivity index (χ0v) is 8.70. The minimum absolute atomic E-state index is 0.546. The largest absolute Gasteiger partial charge is 0.381 e. The molecular formula is C10H20N2O. The lowest BCUT2D eigenvalue weighted by atomic mass is 9.87. The molecule has 1 heterocycles. The summed E-state index contributed by atoms with van der Waals surface area (Å²) in [7, 11) is 4.03. The molecule has 3 heteroatoms. The van der Waals surface area contributed by atoms with Crippen LogP contribution in [0.2, 0.25) is 0 Å². The summed E-state index contributed by atoms with van der Waals surface area (Å²) in [5.41, 5.74) is 0. The van der Waals surface area contributed by atoms with Gasteiger partial charge in [0, 0.05) is 39.3 Å². The van der Waals surface area contributed by atoms with E-state index in [9.17, 15) is 0 Å². The van der Waals surface area contributed by atoms with Gasteiger partial charge in [-0.3, -0.25) is 4.90 Å². The lowest BCUT2D eigenvalue weighted by molar-refractivity contribution is -0.0381. The maximum absolute atomic E-state index is 5.29. The summed E-state index contributed by atoms with van der Waals surface area (Å²) < 4.78 is 5.29. The molecule has 2 aliphatic rings. The van der Waals surface area contributed by atoms with Crippen LogP contribution in [-0.2, 0) is 4.74 Å². The third-order valence-electron chi connectivity index (χ3n) is 3.46. The Morgan fingerprint density at radius 2 is 1.69 bits per heavy atom. The number of ether oxygens (including phenoxy) is 1. The molecular weight excluding hydrogens is 164 g/mol. The second-order valence-electron chi connectivity index (χ2n) is 4.32. The van der Waals surface area contributed by atoms with E-state index in [0.717, 1.165) is 6.04 Å². The second kappa shape index (κ2) is 3.95. The van der Waals surface area contributed by atoms with E-state index in [1.54, 1.807) is 0 Å². The van der Waals surface area contributed by atoms with Gasteiger partial charge in [-0.15, -0.1) is 0 Å². The summed E-state index contributed by atoms with van der Waals surface area (Å²) >= 11 is 0. The van der Waals surface area contributed by atoms with Gasteiger partial charge in [0.05, 0.1) is 6.10 Å². The van der Waals surface area contributed by atoms with E-state index in [1.807, 2.05) is 7.11 Å². The zero-order valence-electron chi connectivity index (χ0n) is 8.70. The maximum Gasteiger partial charge on any atom is 0.0601 e. The lowest BCUT2D eigenvalue weighted by Crippen LogP contribution is -2.54. The van der Waals surface area contributed by atoms with Crippen LogP contribution in [0.1, 0.15) is 12.8 Å². The van der Waals surface area contributed by atoms with Crippen LogP contribution in [0.25, 0.3) is 0 Å². The van der Waals surface area contributed by atoms with Gasteiger partial charge in [0.2, 0.25) is 0 Å². The highest BCUT2D eigenvalue weighted by Gasteiger charge is 2.34. The van der Waals surface area contributed by atoms with Crippen LogP contribution in [0, 0.1) is 0 Å². The Morgan fingerprint density at radius 3 is 2.23 bits per heavy atom. The Labute approximate surface area is 80.6 Å². The maximum atomic E-state index is 5.29. The van der Waals surface area contributed by atoms with Gasteiger partial charge in [0.1, 0.15) is 0 Å². The molecule has 76 valence electrons. The number of methoxy groups -OCH3 is 1. The molecule has 2 fully saturated rings. The van der Waals surface area contributed by atoms with E-state index in [0.29, 0.717) is 6.10 Å². The van der Waals surface area contributed by atoms with Gasteiger partial charge in [0.15, 0.2) is 0 Å². The molecule has 0 bridgehead atoms. The Balaban J connectivity index is 1.71. The molecule has 1 saturated heterocycles. The number of likely N-dealkylation sites (N-methyl/N-ethyl adjacent to an activating group) is 1. The SMILES string of the molecule is CO[C@H]1C[C@H](N2CCN(C)CC2)C1. The molecule has 3 nitrogen and oxygen atoms in total. The molecule has 0 aromatic carbocycles. The minimum atomic E-state index is 0.546. The number of hydrogen-bond acceptors (Lipinski definition) is 3. The summed E-state index contributed by atoms with van der Waals surface area (Å²) in [6.07, 6.45) is 3.05. The van der Waals surface area contributed by atoms with Crippen molar-refractivity contribution in [2.45, 2.75) is 25.0 Å². The molecule has 0 atom stereocenters. The summed E-state index contributed by atoms with van der Waals surface area (Å²) in [5.74, 6) is 0. The monoisotopic (exact) mass is 184 g/mol. The van der Waals surface area contributed by atoms with Crippen LogP contribution in [-0.4, -0.2) is 62.3 Å². The van der Waals surface area contributed by atoms with E-state index < -0.39 is 0 Å². The predicted octanol–water partition coefficient (Wildman–Crippen LogP) is 0.411. The molecule has 1 saturated carbocycles. The van der Waals surface area contributed by atoms with Crippen molar-refractivity contribution in [1.29, 1.82) is 0 Å². The molecule has 0 aromatic heterocycles. The van der Waals surface area contributed by atoms with Gasteiger partial charge in [-0.2, -0.15) is 0 Å². The second-order valence-corrected chi connectivity index (χ2v) is 4.32. The fourth-order valence-corrected chi connectivity index (χ4v) is 2.22. The fraction of sp³-hybridized carbons (Fsp3) is 1.00. The van der Waals surface area contributed by atoms with Crippen molar-refractivity contribution in [3.63, 3.8) is 0 Å². The van der Waals surface area contributed by atoms with E-state index in [1.165, 1.54) is 39.0 Å². The molecule has 0 N–H and O–H groups in total. The average Bonchev–Trinajstić information content (AvgIpc) is 2.06. The summed E-state index contributed by atoms with van der Waals surface area (Å²) in [6, 6.07) is 0.818. The fourth-order valence-electron chi connectivity index (χ4n) is 2.22. The molecule has 1 aliphatic carbocycles. The van der Waals surface area contributed by atoms with Gasteiger partial charge in [0.25, 0.3) is 0 Å². The van der Waals surface area contributed by atoms with Crippen LogP contribution >= 0.6 is 0 Å². The molecule has 13 heavy (non-hydrogen) atoms. The standard InChI is InChI=1S/C10H20N2O/c1-11-3-5-12(6-4-11)9-7-10(8-9)13-2/h9-10H,3-8H2,1-2H3/t9-,10-. The first-order chi connectivity index (χ1) is 6.29. The van der Waals surface area contributed by atoms with Gasteiger partial charge in [-0.25, -0.2) is 0 Å². The van der Waals surface area contributed by atoms with Crippen LogP contribution in [0.3, 0.4) is 0 Å². The Bertz CT molecular complexity index is 160. The van der Waals surface area contributed by atoms with Crippen LogP contribution < -0.4 is 0 Å². The van der Waals surface area contributed by atoms with Crippen molar-refractivity contribution < 1.29 is 4.74 Å². The Hall–Kier alpha value is -0.120. The first kappa shape index (κ1) is 9.44. The molecule has 2 rings (SSSR count). The summed E-state index contributed by atoms with van der Waals surface area (Å²) in [4.78, 5) is 5.03. The normalized spacial score (nSPS) is 37.4. The van der Waals surface area contributed by atoms with Gasteiger partial charge in [-0.05, 0) is 19.9 Å². The Kier molecular flexibility index (Phi) is 2.86.